The van der Waals surface area contributed by atoms with Crippen LogP contribution in [0.1, 0.15) is 11.3 Å². The third-order valence-electron chi connectivity index (χ3n) is 2.77. The Morgan fingerprint density at radius 3 is 3.00 bits per heavy atom. The molecular weight excluding hydrogens is 336 g/mol. The van der Waals surface area contributed by atoms with E-state index >= 15 is 0 Å². The number of nitrogens with one attached hydrogen (secondary N) is 1. The van der Waals surface area contributed by atoms with Crippen LogP contribution in [0.4, 0.5) is 0 Å². The van der Waals surface area contributed by atoms with E-state index in [0.29, 0.717) is 10.8 Å². The number of hydrogen-bond donors (Lipinski definition) is 1. The molecule has 3 rings (SSSR count). The number of benzene rings is 1. The van der Waals surface area contributed by atoms with Gasteiger partial charge in [0.1, 0.15) is 5.82 Å². The van der Waals surface area contributed by atoms with Crippen molar-refractivity contribution in [1.82, 2.24) is 9.97 Å². The second kappa shape index (κ2) is 4.72. The van der Waals surface area contributed by atoms with Crippen molar-refractivity contribution < 1.29 is 0 Å². The van der Waals surface area contributed by atoms with Crippen LogP contribution in [-0.2, 0) is 11.5 Å². The van der Waals surface area contributed by atoms with Gasteiger partial charge < -0.3 is 4.98 Å². The summed E-state index contributed by atoms with van der Waals surface area (Å²) in [6, 6.07) is 5.42. The monoisotopic (exact) mass is 342 g/mol. The van der Waals surface area contributed by atoms with Crippen LogP contribution >= 0.6 is 39.3 Å². The number of aromatic nitrogens is 2. The molecule has 0 spiro atoms. The van der Waals surface area contributed by atoms with Crippen LogP contribution in [0.5, 0.6) is 0 Å². The first-order valence-electron chi connectivity index (χ1n) is 5.30. The highest BCUT2D eigenvalue weighted by molar-refractivity contribution is 9.10. The van der Waals surface area contributed by atoms with Crippen LogP contribution in [0, 0.1) is 0 Å². The van der Waals surface area contributed by atoms with Crippen molar-refractivity contribution in [2.24, 2.45) is 0 Å². The first-order valence-corrected chi connectivity index (χ1v) is 7.63. The molecule has 0 fully saturated rings. The first kappa shape index (κ1) is 12.3. The minimum Gasteiger partial charge on any atom is -0.306 e. The molecule has 18 heavy (non-hydrogen) atoms. The van der Waals surface area contributed by atoms with Crippen LogP contribution in [0.25, 0.3) is 11.4 Å². The molecule has 0 radical (unpaired) electrons. The molecule has 0 aliphatic carbocycles. The third-order valence-corrected chi connectivity index (χ3v) is 4.63. The molecule has 0 atom stereocenters. The van der Waals surface area contributed by atoms with Crippen molar-refractivity contribution in [1.29, 1.82) is 0 Å². The van der Waals surface area contributed by atoms with Gasteiger partial charge in [0.05, 0.1) is 5.69 Å². The van der Waals surface area contributed by atoms with Crippen LogP contribution in [-0.4, -0.2) is 9.97 Å². The van der Waals surface area contributed by atoms with Crippen LogP contribution in [0.15, 0.2) is 27.5 Å². The van der Waals surface area contributed by atoms with Crippen molar-refractivity contribution >= 4 is 39.3 Å². The molecule has 1 N–H and O–H groups in total. The molecule has 6 heteroatoms. The van der Waals surface area contributed by atoms with E-state index in [9.17, 15) is 4.79 Å². The summed E-state index contributed by atoms with van der Waals surface area (Å²) in [5.41, 5.74) is 2.49. The lowest BCUT2D eigenvalue weighted by atomic mass is 10.2. The number of H-pyrrole nitrogens is 1. The first-order chi connectivity index (χ1) is 8.65. The van der Waals surface area contributed by atoms with E-state index < -0.39 is 0 Å². The molecule has 2 aromatic rings. The van der Waals surface area contributed by atoms with E-state index in [4.69, 9.17) is 11.6 Å². The van der Waals surface area contributed by atoms with Crippen LogP contribution in [0.3, 0.4) is 0 Å². The number of halogens is 2. The van der Waals surface area contributed by atoms with E-state index in [1.807, 2.05) is 6.07 Å². The SMILES string of the molecule is O=c1[nH]c(-c2ccc(Cl)cc2Br)nc2c1CSC2. The van der Waals surface area contributed by atoms with E-state index in [1.54, 1.807) is 23.9 Å². The second-order valence-corrected chi connectivity index (χ2v) is 6.23. The van der Waals surface area contributed by atoms with Crippen LogP contribution in [0.2, 0.25) is 5.02 Å². The van der Waals surface area contributed by atoms with Crippen molar-refractivity contribution in [2.75, 3.05) is 0 Å². The Bertz CT molecular complexity index is 686. The van der Waals surface area contributed by atoms with E-state index in [2.05, 4.69) is 25.9 Å². The molecule has 0 bridgehead atoms. The van der Waals surface area contributed by atoms with E-state index in [0.717, 1.165) is 32.8 Å². The highest BCUT2D eigenvalue weighted by Gasteiger charge is 2.18. The Balaban J connectivity index is 2.18. The fourth-order valence-electron chi connectivity index (χ4n) is 1.87. The number of rotatable bonds is 1. The summed E-state index contributed by atoms with van der Waals surface area (Å²) in [4.78, 5) is 19.3. The molecule has 0 saturated heterocycles. The zero-order valence-corrected chi connectivity index (χ0v) is 12.3. The van der Waals surface area contributed by atoms with Crippen molar-refractivity contribution in [2.45, 2.75) is 11.5 Å². The minimum absolute atomic E-state index is 0.0400. The van der Waals surface area contributed by atoms with Gasteiger partial charge in [0, 0.05) is 32.1 Å². The fraction of sp³-hybridized carbons (Fsp3) is 0.167. The molecule has 0 saturated carbocycles. The summed E-state index contributed by atoms with van der Waals surface area (Å²) >= 11 is 11.1. The minimum atomic E-state index is -0.0400. The molecular formula is C12H8BrClN2OS. The van der Waals surface area contributed by atoms with Gasteiger partial charge in [-0.2, -0.15) is 11.8 Å². The Kier molecular flexibility index (Phi) is 3.21. The van der Waals surface area contributed by atoms with Gasteiger partial charge in [0.25, 0.3) is 5.56 Å². The molecule has 1 aromatic heterocycles. The predicted octanol–water partition coefficient (Wildman–Crippen LogP) is 3.60. The van der Waals surface area contributed by atoms with Gasteiger partial charge in [-0.05, 0) is 34.1 Å². The van der Waals surface area contributed by atoms with Gasteiger partial charge >= 0.3 is 0 Å². The normalized spacial score (nSPS) is 13.7. The highest BCUT2D eigenvalue weighted by atomic mass is 79.9. The van der Waals surface area contributed by atoms with E-state index in [-0.39, 0.29) is 5.56 Å². The average Bonchev–Trinajstić information content (AvgIpc) is 2.77. The summed E-state index contributed by atoms with van der Waals surface area (Å²) < 4.78 is 0.823. The lowest BCUT2D eigenvalue weighted by Gasteiger charge is -2.06. The van der Waals surface area contributed by atoms with Crippen LogP contribution < -0.4 is 5.56 Å². The van der Waals surface area contributed by atoms with Gasteiger partial charge in [-0.25, -0.2) is 4.98 Å². The molecule has 1 aromatic carbocycles. The summed E-state index contributed by atoms with van der Waals surface area (Å²) in [7, 11) is 0. The van der Waals surface area contributed by atoms with Crippen molar-refractivity contribution in [3.8, 4) is 11.4 Å². The Morgan fingerprint density at radius 1 is 1.39 bits per heavy atom. The van der Waals surface area contributed by atoms with Gasteiger partial charge in [0.2, 0.25) is 0 Å². The molecule has 1 aliphatic heterocycles. The zero-order chi connectivity index (χ0) is 12.7. The van der Waals surface area contributed by atoms with Gasteiger partial charge in [0.15, 0.2) is 0 Å². The quantitative estimate of drug-likeness (QED) is 0.860. The third kappa shape index (κ3) is 2.11. The van der Waals surface area contributed by atoms with Crippen molar-refractivity contribution in [3.63, 3.8) is 0 Å². The Morgan fingerprint density at radius 2 is 2.22 bits per heavy atom. The summed E-state index contributed by atoms with van der Waals surface area (Å²) in [5.74, 6) is 2.14. The fourth-order valence-corrected chi connectivity index (χ4v) is 3.78. The highest BCUT2D eigenvalue weighted by Crippen LogP contribution is 2.31. The molecule has 2 heterocycles. The van der Waals surface area contributed by atoms with Gasteiger partial charge in [-0.3, -0.25) is 4.79 Å². The maximum atomic E-state index is 11.9. The smallest absolute Gasteiger partial charge is 0.255 e. The van der Waals surface area contributed by atoms with E-state index in [1.165, 1.54) is 0 Å². The molecule has 1 aliphatic rings. The standard InChI is InChI=1S/C12H8BrClN2OS/c13-9-3-6(14)1-2-7(9)11-15-10-5-18-4-8(10)12(17)16-11/h1-3H,4-5H2,(H,15,16,17). The number of hydrogen-bond acceptors (Lipinski definition) is 3. The Labute approximate surface area is 121 Å². The maximum absolute atomic E-state index is 11.9. The summed E-state index contributed by atoms with van der Waals surface area (Å²) in [6.07, 6.45) is 0. The largest absolute Gasteiger partial charge is 0.306 e. The molecule has 0 unspecified atom stereocenters. The molecule has 0 amide bonds. The molecule has 3 nitrogen and oxygen atoms in total. The number of aromatic amines is 1. The lowest BCUT2D eigenvalue weighted by molar-refractivity contribution is 1.03. The average molecular weight is 344 g/mol. The maximum Gasteiger partial charge on any atom is 0.255 e. The number of nitrogens with zero attached hydrogens (tertiary/aromatic N) is 1. The Hall–Kier alpha value is -0.780. The topological polar surface area (TPSA) is 45.8 Å². The second-order valence-electron chi connectivity index (χ2n) is 3.96. The number of thioether (sulfide) groups is 1. The summed E-state index contributed by atoms with van der Waals surface area (Å²) in [6.45, 7) is 0. The number of fused-ring (bicyclic) bond motifs is 1. The van der Waals surface area contributed by atoms with Gasteiger partial charge in [-0.1, -0.05) is 11.6 Å². The predicted molar refractivity (Wildman–Crippen MR) is 78.0 cm³/mol. The van der Waals surface area contributed by atoms with Gasteiger partial charge in [-0.15, -0.1) is 0 Å². The molecule has 92 valence electrons. The zero-order valence-electron chi connectivity index (χ0n) is 9.17. The lowest BCUT2D eigenvalue weighted by Crippen LogP contribution is -2.15. The summed E-state index contributed by atoms with van der Waals surface area (Å²) in [5, 5.41) is 0.643. The van der Waals surface area contributed by atoms with Crippen molar-refractivity contribution in [3.05, 3.63) is 49.3 Å².